The van der Waals surface area contributed by atoms with Gasteiger partial charge in [0, 0.05) is 5.41 Å². The molecule has 0 spiro atoms. The predicted molar refractivity (Wildman–Crippen MR) is 56.9 cm³/mol. The first-order valence-corrected chi connectivity index (χ1v) is 5.00. The highest BCUT2D eigenvalue weighted by Gasteiger charge is 2.42. The fourth-order valence-electron chi connectivity index (χ4n) is 1.55. The number of allylic oxidation sites excluding steroid dienone is 2. The molecule has 0 radical (unpaired) electrons. The van der Waals surface area contributed by atoms with Crippen molar-refractivity contribution in [2.24, 2.45) is 5.41 Å². The summed E-state index contributed by atoms with van der Waals surface area (Å²) in [5.74, 6) is 0.778. The molecule has 1 amide bonds. The van der Waals surface area contributed by atoms with Crippen LogP contribution in [-0.4, -0.2) is 24.3 Å². The Hall–Kier alpha value is -1.19. The molecule has 4 nitrogen and oxygen atoms in total. The maximum atomic E-state index is 11.6. The van der Waals surface area contributed by atoms with Crippen molar-refractivity contribution in [3.8, 4) is 0 Å². The molecule has 0 N–H and O–H groups in total. The minimum atomic E-state index is -0.371. The third-order valence-corrected chi connectivity index (χ3v) is 2.51. The lowest BCUT2D eigenvalue weighted by Gasteiger charge is -2.33. The Labute approximate surface area is 90.8 Å². The standard InChI is InChI=1S/C11H19NO3/c1-7-8(2)15-9(11(3,4)5)12(7)10(13)14-6/h9H,1-6H3. The van der Waals surface area contributed by atoms with Gasteiger partial charge >= 0.3 is 6.09 Å². The van der Waals surface area contributed by atoms with E-state index in [2.05, 4.69) is 0 Å². The molecule has 1 heterocycles. The molecule has 0 saturated heterocycles. The first-order valence-electron chi connectivity index (χ1n) is 5.00. The van der Waals surface area contributed by atoms with E-state index in [0.29, 0.717) is 0 Å². The Morgan fingerprint density at radius 1 is 1.40 bits per heavy atom. The van der Waals surface area contributed by atoms with Gasteiger partial charge in [0.2, 0.25) is 0 Å². The second-order valence-corrected chi connectivity index (χ2v) is 4.82. The van der Waals surface area contributed by atoms with Crippen LogP contribution in [0, 0.1) is 5.41 Å². The number of nitrogens with zero attached hydrogens (tertiary/aromatic N) is 1. The van der Waals surface area contributed by atoms with Crippen LogP contribution in [0.1, 0.15) is 34.6 Å². The van der Waals surface area contributed by atoms with Crippen LogP contribution in [0.5, 0.6) is 0 Å². The van der Waals surface area contributed by atoms with Gasteiger partial charge in [-0.05, 0) is 13.8 Å². The molecule has 0 aromatic heterocycles. The minimum absolute atomic E-state index is 0.146. The van der Waals surface area contributed by atoms with Crippen LogP contribution in [0.4, 0.5) is 4.79 Å². The number of amides is 1. The van der Waals surface area contributed by atoms with Gasteiger partial charge in [-0.25, -0.2) is 9.69 Å². The van der Waals surface area contributed by atoms with Gasteiger partial charge in [0.15, 0.2) is 6.23 Å². The number of carbonyl (C=O) groups is 1. The second-order valence-electron chi connectivity index (χ2n) is 4.82. The topological polar surface area (TPSA) is 38.8 Å². The van der Waals surface area contributed by atoms with Crippen LogP contribution < -0.4 is 0 Å². The molecule has 1 aliphatic rings. The van der Waals surface area contributed by atoms with E-state index < -0.39 is 0 Å². The van der Waals surface area contributed by atoms with Gasteiger partial charge in [-0.3, -0.25) is 0 Å². The summed E-state index contributed by atoms with van der Waals surface area (Å²) in [5.41, 5.74) is 0.675. The monoisotopic (exact) mass is 213 g/mol. The number of rotatable bonds is 0. The molecular weight excluding hydrogens is 194 g/mol. The molecule has 0 bridgehead atoms. The molecular formula is C11H19NO3. The molecule has 0 aromatic rings. The van der Waals surface area contributed by atoms with Crippen LogP contribution in [0.15, 0.2) is 11.5 Å². The number of carbonyl (C=O) groups excluding carboxylic acids is 1. The predicted octanol–water partition coefficient (Wildman–Crippen LogP) is 2.71. The summed E-state index contributed by atoms with van der Waals surface area (Å²) in [5, 5.41) is 0. The second kappa shape index (κ2) is 3.76. The Morgan fingerprint density at radius 3 is 2.33 bits per heavy atom. The molecule has 1 atom stereocenters. The SMILES string of the molecule is COC(=O)N1C(C)=C(C)OC1C(C)(C)C. The zero-order chi connectivity index (χ0) is 11.8. The van der Waals surface area contributed by atoms with E-state index in [0.717, 1.165) is 11.5 Å². The zero-order valence-corrected chi connectivity index (χ0v) is 10.2. The maximum Gasteiger partial charge on any atom is 0.416 e. The van der Waals surface area contributed by atoms with E-state index in [1.807, 2.05) is 34.6 Å². The summed E-state index contributed by atoms with van der Waals surface area (Å²) in [7, 11) is 1.38. The fourth-order valence-corrected chi connectivity index (χ4v) is 1.55. The van der Waals surface area contributed by atoms with Gasteiger partial charge in [0.1, 0.15) is 5.76 Å². The number of hydrogen-bond donors (Lipinski definition) is 0. The fraction of sp³-hybridized carbons (Fsp3) is 0.727. The van der Waals surface area contributed by atoms with E-state index >= 15 is 0 Å². The van der Waals surface area contributed by atoms with E-state index in [4.69, 9.17) is 9.47 Å². The highest BCUT2D eigenvalue weighted by Crippen LogP contribution is 2.36. The largest absolute Gasteiger partial charge is 0.472 e. The van der Waals surface area contributed by atoms with Gasteiger partial charge in [0.05, 0.1) is 12.8 Å². The molecule has 4 heteroatoms. The van der Waals surface area contributed by atoms with Crippen molar-refractivity contribution >= 4 is 6.09 Å². The van der Waals surface area contributed by atoms with Crippen LogP contribution in [0.3, 0.4) is 0 Å². The van der Waals surface area contributed by atoms with Crippen molar-refractivity contribution < 1.29 is 14.3 Å². The zero-order valence-electron chi connectivity index (χ0n) is 10.2. The summed E-state index contributed by atoms with van der Waals surface area (Å²) < 4.78 is 10.4. The van der Waals surface area contributed by atoms with Gasteiger partial charge in [-0.15, -0.1) is 0 Å². The summed E-state index contributed by atoms with van der Waals surface area (Å²) in [6.07, 6.45) is -0.658. The molecule has 86 valence electrons. The third-order valence-electron chi connectivity index (χ3n) is 2.51. The summed E-state index contributed by atoms with van der Waals surface area (Å²) in [6.45, 7) is 9.80. The average Bonchev–Trinajstić information content (AvgIpc) is 2.42. The molecule has 15 heavy (non-hydrogen) atoms. The van der Waals surface area contributed by atoms with E-state index in [1.165, 1.54) is 7.11 Å². The van der Waals surface area contributed by atoms with Gasteiger partial charge in [0.25, 0.3) is 0 Å². The quantitative estimate of drug-likeness (QED) is 0.621. The van der Waals surface area contributed by atoms with Gasteiger partial charge in [-0.2, -0.15) is 0 Å². The Balaban J connectivity index is 3.00. The van der Waals surface area contributed by atoms with Crippen LogP contribution >= 0.6 is 0 Å². The first kappa shape index (κ1) is 11.9. The van der Waals surface area contributed by atoms with Crippen molar-refractivity contribution in [1.29, 1.82) is 0 Å². The number of ether oxygens (including phenoxy) is 2. The molecule has 0 aromatic carbocycles. The van der Waals surface area contributed by atoms with Crippen LogP contribution in [-0.2, 0) is 9.47 Å². The molecule has 1 unspecified atom stereocenters. The van der Waals surface area contributed by atoms with Crippen LogP contribution in [0.25, 0.3) is 0 Å². The van der Waals surface area contributed by atoms with Crippen molar-refractivity contribution in [2.45, 2.75) is 40.8 Å². The highest BCUT2D eigenvalue weighted by molar-refractivity contribution is 5.70. The van der Waals surface area contributed by atoms with Crippen molar-refractivity contribution in [3.63, 3.8) is 0 Å². The van der Waals surface area contributed by atoms with E-state index in [-0.39, 0.29) is 17.7 Å². The average molecular weight is 213 g/mol. The molecule has 0 fully saturated rings. The number of hydrogen-bond acceptors (Lipinski definition) is 3. The molecule has 1 rings (SSSR count). The lowest BCUT2D eigenvalue weighted by atomic mass is 9.93. The van der Waals surface area contributed by atoms with E-state index in [1.54, 1.807) is 4.90 Å². The van der Waals surface area contributed by atoms with Crippen LogP contribution in [0.2, 0.25) is 0 Å². The molecule has 0 saturated carbocycles. The third kappa shape index (κ3) is 2.08. The maximum absolute atomic E-state index is 11.6. The summed E-state index contributed by atoms with van der Waals surface area (Å²) in [6, 6.07) is 0. The molecule has 1 aliphatic heterocycles. The minimum Gasteiger partial charge on any atom is -0.472 e. The highest BCUT2D eigenvalue weighted by atomic mass is 16.6. The smallest absolute Gasteiger partial charge is 0.416 e. The summed E-state index contributed by atoms with van der Waals surface area (Å²) >= 11 is 0. The lowest BCUT2D eigenvalue weighted by molar-refractivity contribution is -0.0341. The van der Waals surface area contributed by atoms with Gasteiger partial charge in [-0.1, -0.05) is 20.8 Å². The lowest BCUT2D eigenvalue weighted by Crippen LogP contribution is -2.44. The Bertz CT molecular complexity index is 301. The Morgan fingerprint density at radius 2 is 1.93 bits per heavy atom. The normalized spacial score (nSPS) is 21.7. The van der Waals surface area contributed by atoms with Crippen molar-refractivity contribution in [1.82, 2.24) is 4.90 Å². The number of methoxy groups -OCH3 is 1. The summed E-state index contributed by atoms with van der Waals surface area (Å²) in [4.78, 5) is 13.2. The first-order chi connectivity index (χ1) is 6.79. The Kier molecular flexibility index (Phi) is 2.98. The van der Waals surface area contributed by atoms with Gasteiger partial charge < -0.3 is 9.47 Å². The van der Waals surface area contributed by atoms with Crippen molar-refractivity contribution in [3.05, 3.63) is 11.5 Å². The van der Waals surface area contributed by atoms with E-state index in [9.17, 15) is 4.79 Å². The van der Waals surface area contributed by atoms with Crippen molar-refractivity contribution in [2.75, 3.05) is 7.11 Å². The molecule has 0 aliphatic carbocycles.